The molecule has 0 amide bonds. The lowest BCUT2D eigenvalue weighted by Gasteiger charge is -2.22. The Labute approximate surface area is 729 Å². The van der Waals surface area contributed by atoms with Gasteiger partial charge in [-0.3, -0.25) is 0 Å². The van der Waals surface area contributed by atoms with Crippen LogP contribution in [0.5, 0.6) is 0 Å². The van der Waals surface area contributed by atoms with E-state index in [1.54, 1.807) is 0 Å². The first-order valence-electron chi connectivity index (χ1n) is 43.5. The van der Waals surface area contributed by atoms with Gasteiger partial charge in [0, 0.05) is 47.3 Å². The van der Waals surface area contributed by atoms with Gasteiger partial charge in [-0.25, -0.2) is 0 Å². The fraction of sp³-hybridized carbons (Fsp3) is 0.0656. The number of hydrogen-bond acceptors (Lipinski definition) is 3. The van der Waals surface area contributed by atoms with Gasteiger partial charge in [-0.05, 0) is 270 Å². The zero-order chi connectivity index (χ0) is 83.8. The molecule has 3 heterocycles. The quantitative estimate of drug-likeness (QED) is 0.149. The Morgan fingerprint density at radius 3 is 0.896 bits per heavy atom. The highest BCUT2D eigenvalue weighted by atomic mass is 32.1. The second-order valence-electron chi connectivity index (χ2n) is 35.7. The lowest BCUT2D eigenvalue weighted by Crippen LogP contribution is -2.11. The summed E-state index contributed by atoms with van der Waals surface area (Å²) in [4.78, 5) is 0. The van der Waals surface area contributed by atoms with Gasteiger partial charge in [-0.1, -0.05) is 375 Å². The van der Waals surface area contributed by atoms with Crippen LogP contribution in [0.2, 0.25) is 0 Å². The Balaban J connectivity index is 0.000000108. The highest BCUT2D eigenvalue weighted by Crippen LogP contribution is 2.48. The van der Waals surface area contributed by atoms with Crippen molar-refractivity contribution in [2.75, 3.05) is 0 Å². The number of rotatable bonds is 7. The van der Waals surface area contributed by atoms with Gasteiger partial charge in [-0.15, -0.1) is 11.3 Å². The summed E-state index contributed by atoms with van der Waals surface area (Å²) in [6.07, 6.45) is 0. The van der Waals surface area contributed by atoms with Crippen LogP contribution in [-0.2, 0) is 10.8 Å². The molecule has 25 rings (SSSR count). The maximum absolute atomic E-state index is 6.46. The van der Waals surface area contributed by atoms with Crippen molar-refractivity contribution in [3.63, 3.8) is 0 Å². The molecule has 0 aliphatic carbocycles. The average Bonchev–Trinajstić information content (AvgIpc) is 1.37. The summed E-state index contributed by atoms with van der Waals surface area (Å²) in [6.45, 7) is 13.8. The third-order valence-corrected chi connectivity index (χ3v) is 27.2. The zero-order valence-corrected chi connectivity index (χ0v) is 71.3. The van der Waals surface area contributed by atoms with Crippen molar-refractivity contribution >= 4 is 172 Å². The molecule has 3 heteroatoms. The van der Waals surface area contributed by atoms with E-state index < -0.39 is 0 Å². The van der Waals surface area contributed by atoms with E-state index in [0.29, 0.717) is 0 Å². The summed E-state index contributed by atoms with van der Waals surface area (Å²) in [7, 11) is 0. The molecule has 0 unspecified atom stereocenters. The summed E-state index contributed by atoms with van der Waals surface area (Å²) in [5, 5.41) is 30.7. The molecule has 0 aliphatic rings. The van der Waals surface area contributed by atoms with Gasteiger partial charge in [0.1, 0.15) is 22.3 Å². The minimum Gasteiger partial charge on any atom is -0.456 e. The van der Waals surface area contributed by atoms with E-state index in [2.05, 4.69) is 436 Å². The second-order valence-corrected chi connectivity index (χ2v) is 36.7. The zero-order valence-electron chi connectivity index (χ0n) is 70.5. The van der Waals surface area contributed by atoms with E-state index in [9.17, 15) is 0 Å². The van der Waals surface area contributed by atoms with Gasteiger partial charge in [-0.2, -0.15) is 0 Å². The van der Waals surface area contributed by atoms with Crippen molar-refractivity contribution in [1.82, 2.24) is 0 Å². The summed E-state index contributed by atoms with van der Waals surface area (Å²) < 4.78 is 15.4. The van der Waals surface area contributed by atoms with Crippen LogP contribution in [-0.4, -0.2) is 0 Å². The van der Waals surface area contributed by atoms with E-state index in [0.717, 1.165) is 55.0 Å². The van der Waals surface area contributed by atoms with Crippen LogP contribution in [0.25, 0.3) is 239 Å². The SMILES string of the molecule is CC(C)(C)c1cc(-c2ccc3c4ccccc4c4ccccc4c3c2)cc(-c2cccc3c2oc2ccccc23)c1.CC(C)(C)c1cc(-c2ccc3c4ccccc4c4ccccc4c3c2)cc(-c2cccc3c2sc2ccccc23)c1.c1ccc(-c2cc(-c3ccc4c(c3)oc3ccccc34)cc(-c3ccc4c5ccccc5c5ccccc5c4c3)c2)cc1. The Bertz CT molecular complexity index is 8260. The minimum atomic E-state index is -0.00766. The largest absolute Gasteiger partial charge is 0.456 e. The predicted molar refractivity (Wildman–Crippen MR) is 540 cm³/mol. The highest BCUT2D eigenvalue weighted by Gasteiger charge is 2.24. The van der Waals surface area contributed by atoms with E-state index in [-0.39, 0.29) is 10.8 Å². The van der Waals surface area contributed by atoms with Gasteiger partial charge in [0.15, 0.2) is 0 Å². The van der Waals surface area contributed by atoms with E-state index >= 15 is 0 Å². The first-order valence-corrected chi connectivity index (χ1v) is 44.3. The highest BCUT2D eigenvalue weighted by molar-refractivity contribution is 7.26. The van der Waals surface area contributed by atoms with Crippen LogP contribution in [0.1, 0.15) is 52.7 Å². The Morgan fingerprint density at radius 2 is 0.456 bits per heavy atom. The van der Waals surface area contributed by atoms with Crippen molar-refractivity contribution in [2.45, 2.75) is 52.4 Å². The van der Waals surface area contributed by atoms with Crippen LogP contribution in [0.15, 0.2) is 421 Å². The van der Waals surface area contributed by atoms with Crippen molar-refractivity contribution < 1.29 is 8.83 Å². The molecular formula is C122H86O2S. The molecular weight excluding hydrogens is 1530 g/mol. The van der Waals surface area contributed by atoms with Crippen LogP contribution >= 0.6 is 11.3 Å². The smallest absolute Gasteiger partial charge is 0.143 e. The third kappa shape index (κ3) is 13.2. The van der Waals surface area contributed by atoms with E-state index in [1.807, 2.05) is 29.5 Å². The molecule has 0 fully saturated rings. The molecule has 3 aromatic heterocycles. The van der Waals surface area contributed by atoms with Gasteiger partial charge < -0.3 is 8.83 Å². The Morgan fingerprint density at radius 1 is 0.168 bits per heavy atom. The third-order valence-electron chi connectivity index (χ3n) is 26.0. The van der Waals surface area contributed by atoms with Crippen LogP contribution in [0, 0.1) is 0 Å². The molecule has 0 aliphatic heterocycles. The van der Waals surface area contributed by atoms with Crippen molar-refractivity contribution in [3.8, 4) is 77.9 Å². The summed E-state index contributed by atoms with van der Waals surface area (Å²) in [6, 6.07) is 151. The maximum Gasteiger partial charge on any atom is 0.143 e. The molecule has 0 spiro atoms. The number of benzene rings is 22. The standard InChI is InChI=1S/C42H26O.C40H30O.C40H30S/c1-2-10-27(11-3-1)30-22-31(24-32(23-30)29-19-21-39-38-16-8-9-17-41(38)43-42(39)26-29)28-18-20-37-35-14-5-4-12-33(35)34-13-6-7-15-36(34)40(37)25-28;2*1-40(2,3)28-22-26(21-27(23-28)29-16-10-17-36-35-15-8-9-18-38(35)41-39(29)36)25-19-20-34-32-13-5-4-11-30(32)31-12-6-7-14-33(31)37(34)24-25/h1-26H;2*4-24H,1-3H3. The normalized spacial score (nSPS) is 12.1. The molecule has 0 saturated heterocycles. The molecule has 0 radical (unpaired) electrons. The molecule has 25 aromatic rings. The van der Waals surface area contributed by atoms with Crippen LogP contribution < -0.4 is 0 Å². The molecule has 0 bridgehead atoms. The van der Waals surface area contributed by atoms with E-state index in [4.69, 9.17) is 8.83 Å². The first-order chi connectivity index (χ1) is 61.2. The molecule has 125 heavy (non-hydrogen) atoms. The molecule has 0 atom stereocenters. The number of hydrogen-bond donors (Lipinski definition) is 0. The number of fused-ring (bicyclic) bond motifs is 27. The molecule has 0 saturated carbocycles. The topological polar surface area (TPSA) is 26.3 Å². The van der Waals surface area contributed by atoms with Gasteiger partial charge >= 0.3 is 0 Å². The summed E-state index contributed by atoms with van der Waals surface area (Å²) in [5.41, 5.74) is 23.4. The minimum absolute atomic E-state index is 0.00766. The number of furan rings is 2. The molecule has 2 nitrogen and oxygen atoms in total. The van der Waals surface area contributed by atoms with Crippen molar-refractivity contribution in [1.29, 1.82) is 0 Å². The maximum atomic E-state index is 6.46. The fourth-order valence-corrected chi connectivity index (χ4v) is 20.9. The van der Waals surface area contributed by atoms with Gasteiger partial charge in [0.2, 0.25) is 0 Å². The molecule has 0 N–H and O–H groups in total. The van der Waals surface area contributed by atoms with Crippen molar-refractivity contribution in [2.24, 2.45) is 0 Å². The van der Waals surface area contributed by atoms with Crippen LogP contribution in [0.3, 0.4) is 0 Å². The van der Waals surface area contributed by atoms with Crippen LogP contribution in [0.4, 0.5) is 0 Å². The summed E-state index contributed by atoms with van der Waals surface area (Å²) >= 11 is 1.90. The fourth-order valence-electron chi connectivity index (χ4n) is 19.6. The Hall–Kier alpha value is -15.0. The van der Waals surface area contributed by atoms with Gasteiger partial charge in [0.05, 0.1) is 0 Å². The number of para-hydroxylation sites is 3. The predicted octanol–water partition coefficient (Wildman–Crippen LogP) is 35.9. The monoisotopic (exact) mass is 1610 g/mol. The second kappa shape index (κ2) is 30.0. The number of thiophene rings is 1. The molecule has 22 aromatic carbocycles. The molecule has 592 valence electrons. The summed E-state index contributed by atoms with van der Waals surface area (Å²) in [5.74, 6) is 0. The van der Waals surface area contributed by atoms with Crippen molar-refractivity contribution in [3.05, 3.63) is 424 Å². The Kier molecular flexibility index (Phi) is 18.0. The lowest BCUT2D eigenvalue weighted by molar-refractivity contribution is 0.590. The first kappa shape index (κ1) is 75.0. The lowest BCUT2D eigenvalue weighted by atomic mass is 9.82. The van der Waals surface area contributed by atoms with Gasteiger partial charge in [0.25, 0.3) is 0 Å². The van der Waals surface area contributed by atoms with E-state index in [1.165, 1.54) is 195 Å². The average molecular weight is 1620 g/mol.